The van der Waals surface area contributed by atoms with Crippen LogP contribution in [0, 0.1) is 26.3 Å². The molecule has 0 heterocycles. The SMILES string of the molecule is [C-]#[N+]C.[C-]#[N+]C.[C-]#[N+]C.[C-]#[N+]C.[Pt+2]. The predicted molar refractivity (Wildman–Crippen MR) is 50.1 cm³/mol. The summed E-state index contributed by atoms with van der Waals surface area (Å²) in [5.41, 5.74) is 0. The van der Waals surface area contributed by atoms with E-state index < -0.39 is 0 Å². The van der Waals surface area contributed by atoms with Crippen molar-refractivity contribution in [3.8, 4) is 0 Å². The second-order valence-electron chi connectivity index (χ2n) is 0.894. The Morgan fingerprint density at radius 1 is 0.538 bits per heavy atom. The van der Waals surface area contributed by atoms with Crippen molar-refractivity contribution in [3.05, 3.63) is 45.7 Å². The van der Waals surface area contributed by atoms with Crippen molar-refractivity contribution in [2.45, 2.75) is 0 Å². The van der Waals surface area contributed by atoms with Crippen LogP contribution in [0.15, 0.2) is 0 Å². The van der Waals surface area contributed by atoms with Gasteiger partial charge in [-0.1, -0.05) is 0 Å². The van der Waals surface area contributed by atoms with Gasteiger partial charge in [-0.15, -0.1) is 0 Å². The van der Waals surface area contributed by atoms with E-state index >= 15 is 0 Å². The molecule has 5 heteroatoms. The molecule has 0 fully saturated rings. The Morgan fingerprint density at radius 3 is 0.538 bits per heavy atom. The Kier molecular flexibility index (Phi) is 325. The summed E-state index contributed by atoms with van der Waals surface area (Å²) in [5.74, 6) is 0. The zero-order chi connectivity index (χ0) is 10.8. The van der Waals surface area contributed by atoms with Crippen LogP contribution in [0.1, 0.15) is 0 Å². The van der Waals surface area contributed by atoms with Gasteiger partial charge in [-0.25, -0.2) is 26.3 Å². The molecule has 0 aliphatic carbocycles. The minimum absolute atomic E-state index is 0. The molecular formula is C8H12N4Pt+2. The third-order valence-electron chi connectivity index (χ3n) is 0. The van der Waals surface area contributed by atoms with Gasteiger partial charge < -0.3 is 19.4 Å². The fourth-order valence-electron chi connectivity index (χ4n) is 0. The van der Waals surface area contributed by atoms with Gasteiger partial charge in [0.1, 0.15) is 0 Å². The zero-order valence-corrected chi connectivity index (χ0v) is 10.4. The fourth-order valence-corrected chi connectivity index (χ4v) is 0. The van der Waals surface area contributed by atoms with Gasteiger partial charge in [-0.3, -0.25) is 0 Å². The Hall–Kier alpha value is -1.35. The second-order valence-corrected chi connectivity index (χ2v) is 0.894. The standard InChI is InChI=1S/4C2H3N.Pt/c4*1-3-2;/h4*1H3;/q;;;;+2. The van der Waals surface area contributed by atoms with Crippen molar-refractivity contribution >= 4 is 0 Å². The van der Waals surface area contributed by atoms with Crippen LogP contribution in [0.4, 0.5) is 0 Å². The van der Waals surface area contributed by atoms with Gasteiger partial charge in [-0.05, 0) is 0 Å². The molecule has 0 saturated carbocycles. The fraction of sp³-hybridized carbons (Fsp3) is 0.500. The maximum atomic E-state index is 5.83. The van der Waals surface area contributed by atoms with Crippen molar-refractivity contribution in [1.82, 2.24) is 0 Å². The van der Waals surface area contributed by atoms with E-state index in [9.17, 15) is 0 Å². The van der Waals surface area contributed by atoms with Crippen LogP contribution >= 0.6 is 0 Å². The summed E-state index contributed by atoms with van der Waals surface area (Å²) in [6.07, 6.45) is 0. The first-order valence-corrected chi connectivity index (χ1v) is 2.68. The van der Waals surface area contributed by atoms with Crippen LogP contribution in [0.2, 0.25) is 0 Å². The summed E-state index contributed by atoms with van der Waals surface area (Å²) in [4.78, 5) is 11.0. The van der Waals surface area contributed by atoms with E-state index in [1.54, 1.807) is 0 Å². The largest absolute Gasteiger partial charge is 2.00 e. The molecule has 0 spiro atoms. The molecule has 0 saturated heterocycles. The Morgan fingerprint density at radius 2 is 0.538 bits per heavy atom. The average molecular weight is 359 g/mol. The molecule has 0 bridgehead atoms. The topological polar surface area (TPSA) is 17.4 Å². The van der Waals surface area contributed by atoms with Gasteiger partial charge in [0.2, 0.25) is 28.2 Å². The first-order valence-electron chi connectivity index (χ1n) is 2.68. The molecule has 0 aromatic rings. The molecule has 0 aliphatic heterocycles. The van der Waals surface area contributed by atoms with Crippen LogP contribution in [-0.2, 0) is 21.1 Å². The molecular weight excluding hydrogens is 347 g/mol. The van der Waals surface area contributed by atoms with E-state index in [2.05, 4.69) is 19.4 Å². The van der Waals surface area contributed by atoms with E-state index in [0.29, 0.717) is 0 Å². The van der Waals surface area contributed by atoms with E-state index in [-0.39, 0.29) is 21.1 Å². The maximum absolute atomic E-state index is 5.83. The quantitative estimate of drug-likeness (QED) is 0.590. The average Bonchev–Trinajstić information content (AvgIpc) is 1.92. The number of hydrogen-bond acceptors (Lipinski definition) is 0. The molecule has 0 aliphatic rings. The van der Waals surface area contributed by atoms with Crippen molar-refractivity contribution < 1.29 is 21.1 Å². The molecule has 0 aromatic heterocycles. The summed E-state index contributed by atoms with van der Waals surface area (Å²) in [7, 11) is 5.67. The van der Waals surface area contributed by atoms with Crippen molar-refractivity contribution in [1.29, 1.82) is 0 Å². The molecule has 0 aromatic carbocycles. The van der Waals surface area contributed by atoms with Gasteiger partial charge in [-0.2, -0.15) is 0 Å². The van der Waals surface area contributed by atoms with Crippen LogP contribution < -0.4 is 0 Å². The van der Waals surface area contributed by atoms with Crippen molar-refractivity contribution in [2.24, 2.45) is 0 Å². The smallest absolute Gasteiger partial charge is 0.320 e. The molecule has 4 nitrogen and oxygen atoms in total. The summed E-state index contributed by atoms with van der Waals surface area (Å²) < 4.78 is 0. The predicted octanol–water partition coefficient (Wildman–Crippen LogP) is 2.14. The molecule has 72 valence electrons. The van der Waals surface area contributed by atoms with Gasteiger partial charge in [0.15, 0.2) is 0 Å². The Balaban J connectivity index is -0.0000000213. The van der Waals surface area contributed by atoms with Gasteiger partial charge in [0, 0.05) is 0 Å². The molecule has 0 unspecified atom stereocenters. The number of hydrogen-bond donors (Lipinski definition) is 0. The van der Waals surface area contributed by atoms with Crippen LogP contribution in [0.3, 0.4) is 0 Å². The summed E-state index contributed by atoms with van der Waals surface area (Å²) >= 11 is 0. The van der Waals surface area contributed by atoms with Gasteiger partial charge >= 0.3 is 21.1 Å². The third-order valence-corrected chi connectivity index (χ3v) is 0. The minimum Gasteiger partial charge on any atom is -0.320 e. The van der Waals surface area contributed by atoms with E-state index in [1.807, 2.05) is 0 Å². The summed E-state index contributed by atoms with van der Waals surface area (Å²) in [6.45, 7) is 23.3. The molecule has 0 N–H and O–H groups in total. The monoisotopic (exact) mass is 359 g/mol. The van der Waals surface area contributed by atoms with E-state index in [1.165, 1.54) is 28.2 Å². The minimum atomic E-state index is 0. The Bertz CT molecular complexity index is 150. The summed E-state index contributed by atoms with van der Waals surface area (Å²) in [6, 6.07) is 0. The van der Waals surface area contributed by atoms with Crippen molar-refractivity contribution in [3.63, 3.8) is 0 Å². The first-order chi connectivity index (χ1) is 5.66. The molecule has 13 heavy (non-hydrogen) atoms. The van der Waals surface area contributed by atoms with Crippen molar-refractivity contribution in [2.75, 3.05) is 28.2 Å². The molecule has 0 amide bonds. The first kappa shape index (κ1) is 29.9. The maximum Gasteiger partial charge on any atom is 2.00 e. The van der Waals surface area contributed by atoms with E-state index in [0.717, 1.165) is 0 Å². The molecule has 0 atom stereocenters. The third kappa shape index (κ3) is 436. The zero-order valence-electron chi connectivity index (χ0n) is 8.11. The van der Waals surface area contributed by atoms with Gasteiger partial charge in [0.05, 0.1) is 0 Å². The van der Waals surface area contributed by atoms with Gasteiger partial charge in [0.25, 0.3) is 0 Å². The Labute approximate surface area is 95.1 Å². The number of nitrogens with zero attached hydrogens (tertiary/aromatic N) is 4. The second kappa shape index (κ2) is 141. The molecule has 0 radical (unpaired) electrons. The van der Waals surface area contributed by atoms with Crippen LogP contribution in [0.5, 0.6) is 0 Å². The summed E-state index contributed by atoms with van der Waals surface area (Å²) in [5, 5.41) is 0. The normalized spacial score (nSPS) is 2.46. The van der Waals surface area contributed by atoms with Crippen LogP contribution in [0.25, 0.3) is 19.4 Å². The number of rotatable bonds is 0. The van der Waals surface area contributed by atoms with Crippen LogP contribution in [-0.4, -0.2) is 28.2 Å². The molecule has 0 rings (SSSR count). The van der Waals surface area contributed by atoms with E-state index in [4.69, 9.17) is 26.3 Å².